The molecule has 0 aliphatic heterocycles. The van der Waals surface area contributed by atoms with Crippen molar-refractivity contribution < 1.29 is 9.47 Å². The van der Waals surface area contributed by atoms with Gasteiger partial charge in [0, 0.05) is 26.3 Å². The molecule has 0 aliphatic rings. The Kier molecular flexibility index (Phi) is 6.44. The zero-order valence-electron chi connectivity index (χ0n) is 13.0. The van der Waals surface area contributed by atoms with E-state index in [1.807, 2.05) is 37.3 Å². The topological polar surface area (TPSA) is 68.3 Å². The van der Waals surface area contributed by atoms with E-state index >= 15 is 0 Å². The Morgan fingerprint density at radius 2 is 1.95 bits per heavy atom. The van der Waals surface area contributed by atoms with Crippen LogP contribution in [0.1, 0.15) is 13.3 Å². The number of anilines is 3. The Labute approximate surface area is 130 Å². The van der Waals surface area contributed by atoms with Crippen LogP contribution in [0, 0.1) is 0 Å². The van der Waals surface area contributed by atoms with Crippen molar-refractivity contribution in [3.63, 3.8) is 0 Å². The van der Waals surface area contributed by atoms with Crippen LogP contribution in [-0.4, -0.2) is 36.8 Å². The Balaban J connectivity index is 2.01. The summed E-state index contributed by atoms with van der Waals surface area (Å²) in [7, 11) is 1.70. The summed E-state index contributed by atoms with van der Waals surface area (Å²) in [5.41, 5.74) is 0.883. The average molecular weight is 302 g/mol. The molecule has 118 valence electrons. The lowest BCUT2D eigenvalue weighted by atomic mass is 10.3. The molecule has 2 N–H and O–H groups in total. The SMILES string of the molecule is CCOc1ccccc1Nc1cc(NCCCOC)ncn1. The number of nitrogens with one attached hydrogen (secondary N) is 2. The van der Waals surface area contributed by atoms with Crippen molar-refractivity contribution in [3.05, 3.63) is 36.7 Å². The highest BCUT2D eigenvalue weighted by Gasteiger charge is 2.04. The number of aromatic nitrogens is 2. The van der Waals surface area contributed by atoms with Gasteiger partial charge in [-0.1, -0.05) is 12.1 Å². The van der Waals surface area contributed by atoms with Gasteiger partial charge in [-0.05, 0) is 25.5 Å². The van der Waals surface area contributed by atoms with Crippen molar-refractivity contribution in [2.45, 2.75) is 13.3 Å². The summed E-state index contributed by atoms with van der Waals surface area (Å²) in [5.74, 6) is 2.30. The van der Waals surface area contributed by atoms with E-state index in [0.29, 0.717) is 6.61 Å². The first-order chi connectivity index (χ1) is 10.8. The van der Waals surface area contributed by atoms with Gasteiger partial charge in [0.15, 0.2) is 0 Å². The number of methoxy groups -OCH3 is 1. The fourth-order valence-corrected chi connectivity index (χ4v) is 1.94. The highest BCUT2D eigenvalue weighted by molar-refractivity contribution is 5.65. The van der Waals surface area contributed by atoms with Crippen molar-refractivity contribution in [1.82, 2.24) is 9.97 Å². The maximum absolute atomic E-state index is 5.60. The van der Waals surface area contributed by atoms with Crippen LogP contribution >= 0.6 is 0 Å². The molecule has 1 aromatic heterocycles. The van der Waals surface area contributed by atoms with Crippen LogP contribution in [0.15, 0.2) is 36.7 Å². The standard InChI is InChI=1S/C16H22N4O2/c1-3-22-14-8-5-4-7-13(14)20-16-11-15(18-12-19-16)17-9-6-10-21-2/h4-5,7-8,11-12H,3,6,9-10H2,1-2H3,(H2,17,18,19,20). The Morgan fingerprint density at radius 1 is 1.14 bits per heavy atom. The predicted octanol–water partition coefficient (Wildman–Crippen LogP) is 3.07. The van der Waals surface area contributed by atoms with Gasteiger partial charge in [-0.3, -0.25) is 0 Å². The predicted molar refractivity (Wildman–Crippen MR) is 87.9 cm³/mol. The summed E-state index contributed by atoms with van der Waals surface area (Å²) in [4.78, 5) is 8.44. The molecule has 0 saturated carbocycles. The lowest BCUT2D eigenvalue weighted by Crippen LogP contribution is -2.07. The molecule has 0 fully saturated rings. The van der Waals surface area contributed by atoms with Crippen molar-refractivity contribution in [2.75, 3.05) is 37.5 Å². The van der Waals surface area contributed by atoms with Gasteiger partial charge in [-0.15, -0.1) is 0 Å². The van der Waals surface area contributed by atoms with E-state index in [2.05, 4.69) is 20.6 Å². The summed E-state index contributed by atoms with van der Waals surface area (Å²) in [6.07, 6.45) is 2.46. The first-order valence-corrected chi connectivity index (χ1v) is 7.37. The molecular weight excluding hydrogens is 280 g/mol. The minimum atomic E-state index is 0.620. The number of hydrogen-bond donors (Lipinski definition) is 2. The van der Waals surface area contributed by atoms with Crippen molar-refractivity contribution in [3.8, 4) is 5.75 Å². The van der Waals surface area contributed by atoms with Crippen LogP contribution in [-0.2, 0) is 4.74 Å². The van der Waals surface area contributed by atoms with Crippen molar-refractivity contribution >= 4 is 17.3 Å². The number of nitrogens with zero attached hydrogens (tertiary/aromatic N) is 2. The lowest BCUT2D eigenvalue weighted by Gasteiger charge is -2.12. The average Bonchev–Trinajstić information content (AvgIpc) is 2.54. The number of benzene rings is 1. The monoisotopic (exact) mass is 302 g/mol. The highest BCUT2D eigenvalue weighted by Crippen LogP contribution is 2.26. The molecule has 6 nitrogen and oxygen atoms in total. The quantitative estimate of drug-likeness (QED) is 0.694. The van der Waals surface area contributed by atoms with E-state index in [4.69, 9.17) is 9.47 Å². The van der Waals surface area contributed by atoms with E-state index < -0.39 is 0 Å². The second-order valence-electron chi connectivity index (χ2n) is 4.62. The molecule has 0 atom stereocenters. The molecule has 0 radical (unpaired) electrons. The molecule has 2 aromatic rings. The molecular formula is C16H22N4O2. The molecule has 6 heteroatoms. The molecule has 2 rings (SSSR count). The second-order valence-corrected chi connectivity index (χ2v) is 4.62. The number of ether oxygens (including phenoxy) is 2. The zero-order valence-corrected chi connectivity index (χ0v) is 13.0. The van der Waals surface area contributed by atoms with Crippen molar-refractivity contribution in [1.29, 1.82) is 0 Å². The van der Waals surface area contributed by atoms with Gasteiger partial charge in [-0.25, -0.2) is 9.97 Å². The fraction of sp³-hybridized carbons (Fsp3) is 0.375. The Morgan fingerprint density at radius 3 is 2.77 bits per heavy atom. The van der Waals surface area contributed by atoms with Gasteiger partial charge in [-0.2, -0.15) is 0 Å². The molecule has 1 aromatic carbocycles. The Bertz CT molecular complexity index is 578. The smallest absolute Gasteiger partial charge is 0.142 e. The van der Waals surface area contributed by atoms with Crippen LogP contribution in [0.3, 0.4) is 0 Å². The maximum atomic E-state index is 5.60. The fourth-order valence-electron chi connectivity index (χ4n) is 1.94. The summed E-state index contributed by atoms with van der Waals surface area (Å²) in [6.45, 7) is 4.11. The van der Waals surface area contributed by atoms with Crippen LogP contribution in [0.25, 0.3) is 0 Å². The maximum Gasteiger partial charge on any atom is 0.142 e. The van der Waals surface area contributed by atoms with Gasteiger partial charge in [0.1, 0.15) is 23.7 Å². The van der Waals surface area contributed by atoms with E-state index in [-0.39, 0.29) is 0 Å². The first kappa shape index (κ1) is 16.0. The van der Waals surface area contributed by atoms with Crippen LogP contribution in [0.5, 0.6) is 5.75 Å². The second kappa shape index (κ2) is 8.84. The van der Waals surface area contributed by atoms with E-state index in [1.165, 1.54) is 6.33 Å². The number of hydrogen-bond acceptors (Lipinski definition) is 6. The molecule has 22 heavy (non-hydrogen) atoms. The summed E-state index contributed by atoms with van der Waals surface area (Å²) >= 11 is 0. The van der Waals surface area contributed by atoms with Gasteiger partial charge in [0.25, 0.3) is 0 Å². The number of para-hydroxylation sites is 2. The molecule has 0 aliphatic carbocycles. The summed E-state index contributed by atoms with van der Waals surface area (Å²) in [6, 6.07) is 9.65. The highest BCUT2D eigenvalue weighted by atomic mass is 16.5. The van der Waals surface area contributed by atoms with Crippen molar-refractivity contribution in [2.24, 2.45) is 0 Å². The minimum absolute atomic E-state index is 0.620. The molecule has 0 unspecified atom stereocenters. The Hall–Kier alpha value is -2.34. The summed E-state index contributed by atoms with van der Waals surface area (Å²) < 4.78 is 10.6. The largest absolute Gasteiger partial charge is 0.492 e. The molecule has 0 spiro atoms. The molecule has 0 saturated heterocycles. The van der Waals surface area contributed by atoms with E-state index in [1.54, 1.807) is 7.11 Å². The van der Waals surface area contributed by atoms with Gasteiger partial charge < -0.3 is 20.1 Å². The molecule has 1 heterocycles. The first-order valence-electron chi connectivity index (χ1n) is 7.37. The van der Waals surface area contributed by atoms with E-state index in [9.17, 15) is 0 Å². The van der Waals surface area contributed by atoms with Crippen LogP contribution in [0.4, 0.5) is 17.3 Å². The zero-order chi connectivity index (χ0) is 15.6. The third kappa shape index (κ3) is 4.89. The minimum Gasteiger partial charge on any atom is -0.492 e. The normalized spacial score (nSPS) is 10.3. The molecule has 0 amide bonds. The summed E-state index contributed by atoms with van der Waals surface area (Å²) in [5, 5.41) is 6.50. The van der Waals surface area contributed by atoms with Crippen LogP contribution < -0.4 is 15.4 Å². The lowest BCUT2D eigenvalue weighted by molar-refractivity contribution is 0.198. The van der Waals surface area contributed by atoms with Gasteiger partial charge >= 0.3 is 0 Å². The van der Waals surface area contributed by atoms with Crippen LogP contribution in [0.2, 0.25) is 0 Å². The van der Waals surface area contributed by atoms with Gasteiger partial charge in [0.05, 0.1) is 12.3 Å². The van der Waals surface area contributed by atoms with E-state index in [0.717, 1.165) is 42.6 Å². The number of rotatable bonds is 9. The third-order valence-corrected chi connectivity index (χ3v) is 2.95. The molecule has 0 bridgehead atoms. The van der Waals surface area contributed by atoms with Gasteiger partial charge in [0.2, 0.25) is 0 Å². The third-order valence-electron chi connectivity index (χ3n) is 2.95.